The minimum atomic E-state index is -0.856. The Hall–Kier alpha value is -3.22. The second-order valence-electron chi connectivity index (χ2n) is 7.49. The molecule has 0 unspecified atom stereocenters. The lowest BCUT2D eigenvalue weighted by Crippen LogP contribution is -2.41. The molecule has 1 fully saturated rings. The van der Waals surface area contributed by atoms with Crippen LogP contribution in [0.5, 0.6) is 0 Å². The van der Waals surface area contributed by atoms with Gasteiger partial charge in [-0.3, -0.25) is 24.1 Å². The Balaban J connectivity index is 1.35. The summed E-state index contributed by atoms with van der Waals surface area (Å²) < 4.78 is 5.15. The first kappa shape index (κ1) is 19.1. The van der Waals surface area contributed by atoms with E-state index in [0.717, 1.165) is 18.2 Å². The summed E-state index contributed by atoms with van der Waals surface area (Å²) in [4.78, 5) is 50.7. The van der Waals surface area contributed by atoms with E-state index in [1.54, 1.807) is 24.3 Å². The van der Waals surface area contributed by atoms with Crippen LogP contribution in [0.15, 0.2) is 36.4 Å². The fraction of sp³-hybridized carbons (Fsp3) is 0.364. The van der Waals surface area contributed by atoms with Crippen LogP contribution in [0.4, 0.5) is 0 Å². The molecule has 3 amide bonds. The van der Waals surface area contributed by atoms with Crippen molar-refractivity contribution >= 4 is 34.5 Å². The molecule has 4 rings (SSSR count). The van der Waals surface area contributed by atoms with Gasteiger partial charge in [-0.25, -0.2) is 0 Å². The van der Waals surface area contributed by atoms with Crippen molar-refractivity contribution in [3.63, 3.8) is 0 Å². The van der Waals surface area contributed by atoms with Crippen molar-refractivity contribution in [3.8, 4) is 0 Å². The zero-order chi connectivity index (χ0) is 20.5. The summed E-state index contributed by atoms with van der Waals surface area (Å²) in [6.07, 6.45) is 1.35. The summed E-state index contributed by atoms with van der Waals surface area (Å²) in [7, 11) is 0. The SMILES string of the molecule is C[C@@H](OC(=O)CCCN1C(=O)c2cccc3cccc(c23)C1=O)C(=O)NC1CC1. The van der Waals surface area contributed by atoms with E-state index in [2.05, 4.69) is 5.32 Å². The number of nitrogens with one attached hydrogen (secondary N) is 1. The molecule has 1 aliphatic carbocycles. The Morgan fingerprint density at radius 1 is 1.10 bits per heavy atom. The topological polar surface area (TPSA) is 92.8 Å². The van der Waals surface area contributed by atoms with E-state index in [1.165, 1.54) is 11.8 Å². The lowest BCUT2D eigenvalue weighted by atomic mass is 9.94. The molecular formula is C22H22N2O5. The quantitative estimate of drug-likeness (QED) is 0.575. The van der Waals surface area contributed by atoms with Crippen LogP contribution in [-0.2, 0) is 14.3 Å². The third kappa shape index (κ3) is 3.85. The van der Waals surface area contributed by atoms with Gasteiger partial charge in [0.15, 0.2) is 6.10 Å². The molecule has 0 radical (unpaired) electrons. The van der Waals surface area contributed by atoms with Crippen molar-refractivity contribution in [1.82, 2.24) is 10.2 Å². The minimum Gasteiger partial charge on any atom is -0.453 e. The molecule has 2 aromatic rings. The van der Waals surface area contributed by atoms with Crippen LogP contribution in [0, 0.1) is 0 Å². The second kappa shape index (κ2) is 7.66. The normalized spacial score (nSPS) is 16.7. The molecule has 29 heavy (non-hydrogen) atoms. The Bertz CT molecular complexity index is 961. The van der Waals surface area contributed by atoms with Gasteiger partial charge in [0.2, 0.25) is 0 Å². The Morgan fingerprint density at radius 2 is 1.72 bits per heavy atom. The van der Waals surface area contributed by atoms with Crippen LogP contribution in [0.25, 0.3) is 10.8 Å². The van der Waals surface area contributed by atoms with E-state index in [9.17, 15) is 19.2 Å². The van der Waals surface area contributed by atoms with Crippen molar-refractivity contribution in [2.24, 2.45) is 0 Å². The fourth-order valence-electron chi connectivity index (χ4n) is 3.52. The first-order valence-electron chi connectivity index (χ1n) is 9.83. The molecule has 1 saturated carbocycles. The Labute approximate surface area is 168 Å². The predicted octanol–water partition coefficient (Wildman–Crippen LogP) is 2.43. The molecule has 150 valence electrons. The maximum Gasteiger partial charge on any atom is 0.306 e. The van der Waals surface area contributed by atoms with E-state index in [0.29, 0.717) is 16.5 Å². The molecule has 0 aromatic heterocycles. The zero-order valence-electron chi connectivity index (χ0n) is 16.1. The molecule has 1 N–H and O–H groups in total. The van der Waals surface area contributed by atoms with E-state index in [-0.39, 0.29) is 43.1 Å². The van der Waals surface area contributed by atoms with Crippen LogP contribution in [0.2, 0.25) is 0 Å². The number of imide groups is 1. The molecule has 1 atom stereocenters. The molecule has 7 nitrogen and oxygen atoms in total. The van der Waals surface area contributed by atoms with Gasteiger partial charge in [0.25, 0.3) is 17.7 Å². The molecule has 0 bridgehead atoms. The number of carbonyl (C=O) groups excluding carboxylic acids is 4. The predicted molar refractivity (Wildman–Crippen MR) is 105 cm³/mol. The summed E-state index contributed by atoms with van der Waals surface area (Å²) in [6.45, 7) is 1.64. The van der Waals surface area contributed by atoms with Crippen molar-refractivity contribution in [2.45, 2.75) is 44.8 Å². The third-order valence-corrected chi connectivity index (χ3v) is 5.22. The first-order chi connectivity index (χ1) is 14.0. The smallest absolute Gasteiger partial charge is 0.306 e. The number of ether oxygens (including phenoxy) is 1. The molecule has 1 aliphatic heterocycles. The first-order valence-corrected chi connectivity index (χ1v) is 9.83. The molecule has 2 aromatic carbocycles. The van der Waals surface area contributed by atoms with E-state index >= 15 is 0 Å². The molecule has 0 saturated heterocycles. The average Bonchev–Trinajstić information content (AvgIpc) is 3.52. The Morgan fingerprint density at radius 3 is 2.31 bits per heavy atom. The summed E-state index contributed by atoms with van der Waals surface area (Å²) in [5, 5.41) is 4.31. The Kier molecular flexibility index (Phi) is 5.05. The molecular weight excluding hydrogens is 372 g/mol. The van der Waals surface area contributed by atoms with Gasteiger partial charge >= 0.3 is 5.97 Å². The summed E-state index contributed by atoms with van der Waals surface area (Å²) >= 11 is 0. The second-order valence-corrected chi connectivity index (χ2v) is 7.49. The summed E-state index contributed by atoms with van der Waals surface area (Å²) in [6, 6.07) is 10.9. The van der Waals surface area contributed by atoms with Crippen LogP contribution in [0.1, 0.15) is 53.3 Å². The van der Waals surface area contributed by atoms with Crippen LogP contribution < -0.4 is 5.32 Å². The zero-order valence-corrected chi connectivity index (χ0v) is 16.1. The molecule has 0 spiro atoms. The number of hydrogen-bond donors (Lipinski definition) is 1. The molecule has 1 heterocycles. The van der Waals surface area contributed by atoms with Crippen molar-refractivity contribution in [2.75, 3.05) is 6.54 Å². The number of hydrogen-bond acceptors (Lipinski definition) is 5. The fourth-order valence-corrected chi connectivity index (χ4v) is 3.52. The molecule has 2 aliphatic rings. The maximum atomic E-state index is 12.8. The molecule has 7 heteroatoms. The van der Waals surface area contributed by atoms with Crippen molar-refractivity contribution in [1.29, 1.82) is 0 Å². The largest absolute Gasteiger partial charge is 0.453 e. The van der Waals surface area contributed by atoms with Gasteiger partial charge in [-0.1, -0.05) is 24.3 Å². The number of rotatable bonds is 7. The van der Waals surface area contributed by atoms with Crippen LogP contribution in [-0.4, -0.2) is 47.3 Å². The third-order valence-electron chi connectivity index (χ3n) is 5.22. The van der Waals surface area contributed by atoms with Gasteiger partial charge in [-0.15, -0.1) is 0 Å². The highest BCUT2D eigenvalue weighted by Crippen LogP contribution is 2.30. The average molecular weight is 394 g/mol. The highest BCUT2D eigenvalue weighted by atomic mass is 16.5. The monoisotopic (exact) mass is 394 g/mol. The van der Waals surface area contributed by atoms with E-state index < -0.39 is 12.1 Å². The maximum absolute atomic E-state index is 12.8. The summed E-state index contributed by atoms with van der Waals surface area (Å²) in [5.74, 6) is -1.54. The van der Waals surface area contributed by atoms with Gasteiger partial charge in [0, 0.05) is 35.5 Å². The number of nitrogens with zero attached hydrogens (tertiary/aromatic N) is 1. The van der Waals surface area contributed by atoms with Crippen LogP contribution >= 0.6 is 0 Å². The number of esters is 1. The van der Waals surface area contributed by atoms with E-state index in [4.69, 9.17) is 4.74 Å². The van der Waals surface area contributed by atoms with Gasteiger partial charge in [0.1, 0.15) is 0 Å². The lowest BCUT2D eigenvalue weighted by molar-refractivity contribution is -0.155. The minimum absolute atomic E-state index is 0.0178. The highest BCUT2D eigenvalue weighted by molar-refractivity contribution is 6.25. The summed E-state index contributed by atoms with van der Waals surface area (Å²) in [5.41, 5.74) is 0.983. The van der Waals surface area contributed by atoms with Crippen molar-refractivity contribution in [3.05, 3.63) is 47.5 Å². The van der Waals surface area contributed by atoms with Gasteiger partial charge in [-0.2, -0.15) is 0 Å². The van der Waals surface area contributed by atoms with Gasteiger partial charge in [-0.05, 0) is 43.7 Å². The van der Waals surface area contributed by atoms with E-state index in [1.807, 2.05) is 12.1 Å². The lowest BCUT2D eigenvalue weighted by Gasteiger charge is -2.27. The van der Waals surface area contributed by atoms with Crippen LogP contribution in [0.3, 0.4) is 0 Å². The highest BCUT2D eigenvalue weighted by Gasteiger charge is 2.32. The number of carbonyl (C=O) groups is 4. The van der Waals surface area contributed by atoms with Crippen molar-refractivity contribution < 1.29 is 23.9 Å². The van der Waals surface area contributed by atoms with Gasteiger partial charge in [0.05, 0.1) is 0 Å². The van der Waals surface area contributed by atoms with Gasteiger partial charge < -0.3 is 10.1 Å². The number of amides is 3. The number of benzene rings is 2. The standard InChI is InChI=1S/C22H22N2O5/c1-13(20(26)23-15-10-11-15)29-18(25)9-4-12-24-21(27)16-7-2-5-14-6-3-8-17(19(14)16)22(24)28/h2-3,5-8,13,15H,4,9-12H2,1H3,(H,23,26)/t13-/m1/s1.